The third-order valence-corrected chi connectivity index (χ3v) is 7.72. The number of hydrogen-bond donors (Lipinski definition) is 2. The predicted octanol–water partition coefficient (Wildman–Crippen LogP) is 3.37. The van der Waals surface area contributed by atoms with E-state index in [1.165, 1.54) is 30.8 Å². The number of sulfone groups is 1. The van der Waals surface area contributed by atoms with Crippen LogP contribution in [0.5, 0.6) is 0 Å². The van der Waals surface area contributed by atoms with Crippen LogP contribution in [-0.4, -0.2) is 37.5 Å². The molecule has 9 heteroatoms. The van der Waals surface area contributed by atoms with E-state index >= 15 is 0 Å². The zero-order valence-corrected chi connectivity index (χ0v) is 18.2. The Morgan fingerprint density at radius 2 is 1.87 bits per heavy atom. The maximum atomic E-state index is 12.7. The highest BCUT2D eigenvalue weighted by atomic mass is 32.2. The summed E-state index contributed by atoms with van der Waals surface area (Å²) in [6.07, 6.45) is -0.216. The van der Waals surface area contributed by atoms with Gasteiger partial charge < -0.3 is 10.6 Å². The summed E-state index contributed by atoms with van der Waals surface area (Å²) in [6, 6.07) is 11.0. The van der Waals surface area contributed by atoms with Crippen molar-refractivity contribution in [2.24, 2.45) is 5.92 Å². The molecule has 0 aliphatic carbocycles. The van der Waals surface area contributed by atoms with E-state index in [0.717, 1.165) is 4.90 Å². The van der Waals surface area contributed by atoms with Gasteiger partial charge in [-0.3, -0.25) is 14.4 Å². The number of hydrogen-bond acceptors (Lipinski definition) is 6. The van der Waals surface area contributed by atoms with Gasteiger partial charge >= 0.3 is 0 Å². The van der Waals surface area contributed by atoms with Crippen LogP contribution in [0.2, 0.25) is 0 Å². The molecule has 0 fully saturated rings. The van der Waals surface area contributed by atoms with Crippen molar-refractivity contribution < 1.29 is 22.8 Å². The third kappa shape index (κ3) is 5.28. The van der Waals surface area contributed by atoms with Crippen molar-refractivity contribution in [1.82, 2.24) is 0 Å². The molecule has 0 aromatic heterocycles. The number of ketones is 1. The highest BCUT2D eigenvalue weighted by Gasteiger charge is 2.23. The van der Waals surface area contributed by atoms with Gasteiger partial charge in [-0.15, -0.1) is 11.8 Å². The molecule has 0 radical (unpaired) electrons. The lowest BCUT2D eigenvalue weighted by atomic mass is 10.1. The average molecular weight is 447 g/mol. The summed E-state index contributed by atoms with van der Waals surface area (Å²) >= 11 is 1.50. The third-order valence-electron chi connectivity index (χ3n) is 4.68. The molecule has 0 saturated heterocycles. The van der Waals surface area contributed by atoms with Crippen molar-refractivity contribution in [3.05, 3.63) is 48.0 Å². The minimum absolute atomic E-state index is 0.0651. The van der Waals surface area contributed by atoms with Crippen LogP contribution in [0.3, 0.4) is 0 Å². The first-order chi connectivity index (χ1) is 14.2. The first-order valence-corrected chi connectivity index (χ1v) is 12.0. The van der Waals surface area contributed by atoms with Crippen LogP contribution in [0, 0.1) is 5.92 Å². The van der Waals surface area contributed by atoms with E-state index in [1.54, 1.807) is 30.3 Å². The molecule has 1 aliphatic rings. The SMILES string of the molecule is CC(=O)c1ccc(NC(=O)CCS(=O)(=O)c2ccc3c(c2)NC(=O)C(C)CS3)cc1. The largest absolute Gasteiger partial charge is 0.326 e. The van der Waals surface area contributed by atoms with Gasteiger partial charge in [0, 0.05) is 34.2 Å². The van der Waals surface area contributed by atoms with Crippen molar-refractivity contribution in [3.63, 3.8) is 0 Å². The van der Waals surface area contributed by atoms with Crippen LogP contribution < -0.4 is 10.6 Å². The molecule has 2 N–H and O–H groups in total. The molecule has 158 valence electrons. The Bertz CT molecular complexity index is 1090. The van der Waals surface area contributed by atoms with Crippen molar-refractivity contribution in [1.29, 1.82) is 0 Å². The van der Waals surface area contributed by atoms with Crippen molar-refractivity contribution >= 4 is 50.6 Å². The van der Waals surface area contributed by atoms with Crippen molar-refractivity contribution in [2.45, 2.75) is 30.1 Å². The number of rotatable bonds is 6. The van der Waals surface area contributed by atoms with E-state index in [0.29, 0.717) is 22.7 Å². The predicted molar refractivity (Wildman–Crippen MR) is 117 cm³/mol. The van der Waals surface area contributed by atoms with Gasteiger partial charge in [-0.2, -0.15) is 0 Å². The quantitative estimate of drug-likeness (QED) is 0.659. The van der Waals surface area contributed by atoms with Gasteiger partial charge in [0.15, 0.2) is 15.6 Å². The lowest BCUT2D eigenvalue weighted by Gasteiger charge is -2.10. The number of fused-ring (bicyclic) bond motifs is 1. The summed E-state index contributed by atoms with van der Waals surface area (Å²) in [7, 11) is -3.71. The molecule has 1 aliphatic heterocycles. The number of nitrogens with one attached hydrogen (secondary N) is 2. The van der Waals surface area contributed by atoms with Crippen LogP contribution in [-0.2, 0) is 19.4 Å². The fourth-order valence-corrected chi connectivity index (χ4v) is 5.10. The number of benzene rings is 2. The molecular formula is C21H22N2O5S2. The number of carbonyl (C=O) groups is 3. The zero-order valence-electron chi connectivity index (χ0n) is 16.6. The van der Waals surface area contributed by atoms with Crippen LogP contribution in [0.25, 0.3) is 0 Å². The fourth-order valence-electron chi connectivity index (χ4n) is 2.83. The first-order valence-electron chi connectivity index (χ1n) is 9.37. The molecule has 2 amide bonds. The average Bonchev–Trinajstić information content (AvgIpc) is 2.85. The second-order valence-corrected chi connectivity index (χ2v) is 10.3. The summed E-state index contributed by atoms with van der Waals surface area (Å²) in [4.78, 5) is 36.4. The Hall–Kier alpha value is -2.65. The second-order valence-electron chi connectivity index (χ2n) is 7.11. The molecule has 2 aromatic rings. The van der Waals surface area contributed by atoms with E-state index in [2.05, 4.69) is 10.6 Å². The lowest BCUT2D eigenvalue weighted by molar-refractivity contribution is -0.118. The summed E-state index contributed by atoms with van der Waals surface area (Å²) in [6.45, 7) is 3.27. The number of amides is 2. The second kappa shape index (κ2) is 9.01. The molecule has 0 saturated carbocycles. The van der Waals surface area contributed by atoms with Gasteiger partial charge in [0.2, 0.25) is 11.8 Å². The van der Waals surface area contributed by atoms with Crippen LogP contribution in [0.4, 0.5) is 11.4 Å². The van der Waals surface area contributed by atoms with Crippen LogP contribution in [0.15, 0.2) is 52.3 Å². The van der Waals surface area contributed by atoms with Gasteiger partial charge in [-0.1, -0.05) is 6.92 Å². The molecule has 2 aromatic carbocycles. The summed E-state index contributed by atoms with van der Waals surface area (Å²) in [5.41, 5.74) is 1.49. The minimum atomic E-state index is -3.71. The summed E-state index contributed by atoms with van der Waals surface area (Å²) < 4.78 is 25.4. The molecule has 0 spiro atoms. The Balaban J connectivity index is 1.65. The van der Waals surface area contributed by atoms with Gasteiger partial charge in [0.1, 0.15) is 0 Å². The molecule has 1 heterocycles. The topological polar surface area (TPSA) is 109 Å². The lowest BCUT2D eigenvalue weighted by Crippen LogP contribution is -2.20. The monoisotopic (exact) mass is 446 g/mol. The maximum absolute atomic E-state index is 12.7. The standard InChI is InChI=1S/C21H22N2O5S2/c1-13-12-29-19-8-7-17(11-18(19)23-21(13)26)30(27,28)10-9-20(25)22-16-5-3-15(4-6-16)14(2)24/h3-8,11,13H,9-10,12H2,1-2H3,(H,22,25)(H,23,26). The number of Topliss-reactive ketones (excluding diaryl/α,β-unsaturated/α-hetero) is 1. The number of anilines is 2. The molecule has 1 unspecified atom stereocenters. The van der Waals surface area contributed by atoms with Crippen LogP contribution >= 0.6 is 11.8 Å². The van der Waals surface area contributed by atoms with Gasteiger partial charge in [-0.25, -0.2) is 8.42 Å². The Labute approximate surface area is 179 Å². The van der Waals surface area contributed by atoms with E-state index in [-0.39, 0.29) is 34.7 Å². The van der Waals surface area contributed by atoms with Gasteiger partial charge in [0.05, 0.1) is 16.3 Å². The van der Waals surface area contributed by atoms with E-state index < -0.39 is 15.7 Å². The highest BCUT2D eigenvalue weighted by molar-refractivity contribution is 7.99. The normalized spacial score (nSPS) is 16.2. The van der Waals surface area contributed by atoms with Crippen LogP contribution in [0.1, 0.15) is 30.6 Å². The number of carbonyl (C=O) groups excluding carboxylic acids is 3. The molecule has 7 nitrogen and oxygen atoms in total. The minimum Gasteiger partial charge on any atom is -0.326 e. The number of thioether (sulfide) groups is 1. The molecule has 3 rings (SSSR count). The van der Waals surface area contributed by atoms with Gasteiger partial charge in [-0.05, 0) is 49.4 Å². The molecule has 0 bridgehead atoms. The molecule has 30 heavy (non-hydrogen) atoms. The van der Waals surface area contributed by atoms with Crippen molar-refractivity contribution in [3.8, 4) is 0 Å². The summed E-state index contributed by atoms with van der Waals surface area (Å²) in [5.74, 6) is -0.578. The zero-order chi connectivity index (χ0) is 21.9. The van der Waals surface area contributed by atoms with E-state index in [4.69, 9.17) is 0 Å². The van der Waals surface area contributed by atoms with E-state index in [1.807, 2.05) is 6.92 Å². The van der Waals surface area contributed by atoms with Crippen molar-refractivity contribution in [2.75, 3.05) is 22.1 Å². The maximum Gasteiger partial charge on any atom is 0.228 e. The Kier molecular flexibility index (Phi) is 6.62. The molecular weight excluding hydrogens is 424 g/mol. The Morgan fingerprint density at radius 3 is 2.53 bits per heavy atom. The molecule has 1 atom stereocenters. The highest BCUT2D eigenvalue weighted by Crippen LogP contribution is 2.34. The van der Waals surface area contributed by atoms with E-state index in [9.17, 15) is 22.8 Å². The fraction of sp³-hybridized carbons (Fsp3) is 0.286. The van der Waals surface area contributed by atoms with Gasteiger partial charge in [0.25, 0.3) is 0 Å². The smallest absolute Gasteiger partial charge is 0.228 e. The Morgan fingerprint density at radius 1 is 1.17 bits per heavy atom. The summed E-state index contributed by atoms with van der Waals surface area (Å²) in [5, 5.41) is 5.39. The first kappa shape index (κ1) is 22.0.